The van der Waals surface area contributed by atoms with Crippen molar-refractivity contribution in [1.29, 1.82) is 0 Å². The van der Waals surface area contributed by atoms with Gasteiger partial charge in [-0.05, 0) is 32.0 Å². The predicted molar refractivity (Wildman–Crippen MR) is 108 cm³/mol. The third-order valence-corrected chi connectivity index (χ3v) is 4.79. The first-order chi connectivity index (χ1) is 13.6. The summed E-state index contributed by atoms with van der Waals surface area (Å²) in [5, 5.41) is 7.35. The van der Waals surface area contributed by atoms with Gasteiger partial charge in [0.1, 0.15) is 12.1 Å². The molecule has 8 nitrogen and oxygen atoms in total. The molecule has 4 rings (SSSR count). The maximum absolute atomic E-state index is 12.5. The Morgan fingerprint density at radius 1 is 0.964 bits per heavy atom. The molecule has 1 aliphatic rings. The Kier molecular flexibility index (Phi) is 4.92. The van der Waals surface area contributed by atoms with Crippen molar-refractivity contribution in [3.05, 3.63) is 60.2 Å². The van der Waals surface area contributed by atoms with Gasteiger partial charge in [-0.2, -0.15) is 5.10 Å². The molecule has 0 spiro atoms. The maximum atomic E-state index is 12.5. The number of aromatic nitrogens is 4. The minimum absolute atomic E-state index is 0.0705. The van der Waals surface area contributed by atoms with Gasteiger partial charge in [-0.15, -0.1) is 0 Å². The zero-order valence-electron chi connectivity index (χ0n) is 16.0. The molecule has 2 aromatic heterocycles. The number of nitrogens with one attached hydrogen (secondary N) is 1. The van der Waals surface area contributed by atoms with E-state index in [9.17, 15) is 4.79 Å². The first-order valence-corrected chi connectivity index (χ1v) is 9.31. The van der Waals surface area contributed by atoms with E-state index in [1.807, 2.05) is 61.3 Å². The van der Waals surface area contributed by atoms with Crippen LogP contribution in [0.2, 0.25) is 0 Å². The summed E-state index contributed by atoms with van der Waals surface area (Å²) in [7, 11) is 0. The third kappa shape index (κ3) is 3.95. The minimum atomic E-state index is -0.0705. The van der Waals surface area contributed by atoms with Crippen molar-refractivity contribution in [2.75, 3.05) is 36.4 Å². The molecule has 0 aliphatic carbocycles. The van der Waals surface area contributed by atoms with Crippen LogP contribution in [0.3, 0.4) is 0 Å². The number of amides is 2. The number of hydrogen-bond donors (Lipinski definition) is 1. The van der Waals surface area contributed by atoms with E-state index < -0.39 is 0 Å². The number of urea groups is 1. The van der Waals surface area contributed by atoms with Gasteiger partial charge in [-0.3, -0.25) is 0 Å². The van der Waals surface area contributed by atoms with Crippen LogP contribution in [0.5, 0.6) is 0 Å². The molecule has 0 bridgehead atoms. The summed E-state index contributed by atoms with van der Waals surface area (Å²) in [5.74, 6) is 1.58. The number of benzene rings is 1. The fraction of sp³-hybridized carbons (Fsp3) is 0.300. The highest BCUT2D eigenvalue weighted by atomic mass is 16.2. The van der Waals surface area contributed by atoms with Crippen LogP contribution in [0.1, 0.15) is 11.3 Å². The molecule has 0 radical (unpaired) electrons. The normalized spacial score (nSPS) is 14.2. The van der Waals surface area contributed by atoms with Gasteiger partial charge in [0.25, 0.3) is 0 Å². The van der Waals surface area contributed by atoms with Crippen molar-refractivity contribution >= 4 is 17.5 Å². The molecule has 28 heavy (non-hydrogen) atoms. The molecule has 0 atom stereocenters. The zero-order chi connectivity index (χ0) is 19.5. The molecule has 3 aromatic rings. The summed E-state index contributed by atoms with van der Waals surface area (Å²) in [5.41, 5.74) is 2.92. The van der Waals surface area contributed by atoms with Crippen LogP contribution >= 0.6 is 0 Å². The summed E-state index contributed by atoms with van der Waals surface area (Å²) in [6, 6.07) is 11.6. The van der Waals surface area contributed by atoms with Gasteiger partial charge >= 0.3 is 6.03 Å². The molecule has 1 saturated heterocycles. The summed E-state index contributed by atoms with van der Waals surface area (Å²) in [6.07, 6.45) is 3.44. The number of anilines is 2. The molecule has 3 heterocycles. The highest BCUT2D eigenvalue weighted by Gasteiger charge is 2.22. The lowest BCUT2D eigenvalue weighted by Gasteiger charge is -2.35. The van der Waals surface area contributed by atoms with E-state index in [-0.39, 0.29) is 6.03 Å². The summed E-state index contributed by atoms with van der Waals surface area (Å²) in [6.45, 7) is 6.68. The Balaban J connectivity index is 1.37. The Morgan fingerprint density at radius 3 is 2.36 bits per heavy atom. The van der Waals surface area contributed by atoms with Crippen molar-refractivity contribution in [1.82, 2.24) is 24.6 Å². The number of piperazine rings is 1. The van der Waals surface area contributed by atoms with E-state index in [2.05, 4.69) is 25.3 Å². The molecule has 1 aromatic carbocycles. The first-order valence-electron chi connectivity index (χ1n) is 9.31. The quantitative estimate of drug-likeness (QED) is 0.759. The van der Waals surface area contributed by atoms with Gasteiger partial charge in [-0.1, -0.05) is 17.7 Å². The molecule has 1 fully saturated rings. The van der Waals surface area contributed by atoms with Crippen molar-refractivity contribution < 1.29 is 4.79 Å². The third-order valence-electron chi connectivity index (χ3n) is 4.79. The summed E-state index contributed by atoms with van der Waals surface area (Å²) >= 11 is 0. The number of hydrogen-bond acceptors (Lipinski definition) is 5. The SMILES string of the molecule is Cc1ccc(NC(=O)N2CCN(c3cc(-n4ccc(C)n4)ncn3)CC2)cc1. The second kappa shape index (κ2) is 7.67. The highest BCUT2D eigenvalue weighted by Crippen LogP contribution is 2.17. The lowest BCUT2D eigenvalue weighted by molar-refractivity contribution is 0.208. The molecule has 8 heteroatoms. The van der Waals surface area contributed by atoms with Crippen LogP contribution in [-0.2, 0) is 0 Å². The second-order valence-corrected chi connectivity index (χ2v) is 6.91. The average Bonchev–Trinajstić information content (AvgIpc) is 3.16. The van der Waals surface area contributed by atoms with Crippen molar-refractivity contribution in [2.45, 2.75) is 13.8 Å². The van der Waals surface area contributed by atoms with Crippen LogP contribution in [0.15, 0.2) is 48.9 Å². The lowest BCUT2D eigenvalue weighted by Crippen LogP contribution is -2.50. The number of rotatable bonds is 3. The van der Waals surface area contributed by atoms with Crippen molar-refractivity contribution in [2.24, 2.45) is 0 Å². The van der Waals surface area contributed by atoms with Crippen molar-refractivity contribution in [3.8, 4) is 5.82 Å². The van der Waals surface area contributed by atoms with Gasteiger partial charge in [0.15, 0.2) is 5.82 Å². The molecule has 0 saturated carbocycles. The van der Waals surface area contributed by atoms with Crippen molar-refractivity contribution in [3.63, 3.8) is 0 Å². The monoisotopic (exact) mass is 377 g/mol. The average molecular weight is 377 g/mol. The fourth-order valence-electron chi connectivity index (χ4n) is 3.16. The fourth-order valence-corrected chi connectivity index (χ4v) is 3.16. The van der Waals surface area contributed by atoms with E-state index in [0.29, 0.717) is 13.1 Å². The molecule has 0 unspecified atom stereocenters. The largest absolute Gasteiger partial charge is 0.353 e. The number of aryl methyl sites for hydroxylation is 2. The van der Waals surface area contributed by atoms with Crippen LogP contribution < -0.4 is 10.2 Å². The van der Waals surface area contributed by atoms with Crippen LogP contribution in [-0.4, -0.2) is 56.9 Å². The number of carbonyl (C=O) groups excluding carboxylic acids is 1. The van der Waals surface area contributed by atoms with Crippen LogP contribution in [0.4, 0.5) is 16.3 Å². The smallest absolute Gasteiger partial charge is 0.321 e. The Labute approximate surface area is 163 Å². The standard InChI is InChI=1S/C20H23N7O/c1-15-3-5-17(6-4-15)23-20(28)26-11-9-25(10-12-26)18-13-19(22-14-21-18)27-8-7-16(2)24-27/h3-8,13-14H,9-12H2,1-2H3,(H,23,28). The summed E-state index contributed by atoms with van der Waals surface area (Å²) in [4.78, 5) is 25.2. The van der Waals surface area contributed by atoms with Gasteiger partial charge < -0.3 is 15.1 Å². The van der Waals surface area contributed by atoms with E-state index in [4.69, 9.17) is 0 Å². The van der Waals surface area contributed by atoms with Gasteiger partial charge in [0.2, 0.25) is 0 Å². The number of carbonyl (C=O) groups is 1. The van der Waals surface area contributed by atoms with Gasteiger partial charge in [0, 0.05) is 44.1 Å². The van der Waals surface area contributed by atoms with E-state index in [0.717, 1.165) is 36.1 Å². The first kappa shape index (κ1) is 18.0. The molecule has 1 aliphatic heterocycles. The molecule has 1 N–H and O–H groups in total. The van der Waals surface area contributed by atoms with E-state index >= 15 is 0 Å². The molecule has 2 amide bonds. The van der Waals surface area contributed by atoms with Gasteiger partial charge in [-0.25, -0.2) is 19.4 Å². The zero-order valence-corrected chi connectivity index (χ0v) is 16.0. The minimum Gasteiger partial charge on any atom is -0.353 e. The Bertz CT molecular complexity index is 959. The molecular formula is C20H23N7O. The van der Waals surface area contributed by atoms with Gasteiger partial charge in [0.05, 0.1) is 5.69 Å². The van der Waals surface area contributed by atoms with Crippen LogP contribution in [0, 0.1) is 13.8 Å². The topological polar surface area (TPSA) is 79.2 Å². The number of nitrogens with zero attached hydrogens (tertiary/aromatic N) is 6. The molecular weight excluding hydrogens is 354 g/mol. The summed E-state index contributed by atoms with van der Waals surface area (Å²) < 4.78 is 1.74. The van der Waals surface area contributed by atoms with E-state index in [1.54, 1.807) is 11.0 Å². The van der Waals surface area contributed by atoms with Crippen LogP contribution in [0.25, 0.3) is 5.82 Å². The Morgan fingerprint density at radius 2 is 1.68 bits per heavy atom. The highest BCUT2D eigenvalue weighted by molar-refractivity contribution is 5.89. The van der Waals surface area contributed by atoms with E-state index in [1.165, 1.54) is 5.56 Å². The second-order valence-electron chi connectivity index (χ2n) is 6.91. The lowest BCUT2D eigenvalue weighted by atomic mass is 10.2. The Hall–Kier alpha value is -3.42. The molecule has 144 valence electrons. The maximum Gasteiger partial charge on any atom is 0.321 e. The predicted octanol–water partition coefficient (Wildman–Crippen LogP) is 2.63.